The van der Waals surface area contributed by atoms with Gasteiger partial charge in [0.15, 0.2) is 0 Å². The SMILES string of the molecule is COc1ccc(C2(NC(=O)CN3Cc4ccccc4C3=O)CCCCC2)cc1. The number of hydrogen-bond acceptors (Lipinski definition) is 3. The van der Waals surface area contributed by atoms with Gasteiger partial charge in [-0.1, -0.05) is 49.6 Å². The summed E-state index contributed by atoms with van der Waals surface area (Å²) in [6.07, 6.45) is 5.19. The van der Waals surface area contributed by atoms with Gasteiger partial charge < -0.3 is 15.0 Å². The van der Waals surface area contributed by atoms with Crippen LogP contribution >= 0.6 is 0 Å². The Bertz CT molecular complexity index is 870. The predicted molar refractivity (Wildman–Crippen MR) is 107 cm³/mol. The standard InChI is InChI=1S/C23H26N2O3/c1-28-19-11-9-18(10-12-19)23(13-5-2-6-14-23)24-21(26)16-25-15-17-7-3-4-8-20(17)22(25)27/h3-4,7-12H,2,5-6,13-16H2,1H3,(H,24,26). The average Bonchev–Trinajstić information content (AvgIpc) is 3.04. The van der Waals surface area contributed by atoms with Crippen LogP contribution in [0.25, 0.3) is 0 Å². The topological polar surface area (TPSA) is 58.6 Å². The van der Waals surface area contributed by atoms with Crippen molar-refractivity contribution >= 4 is 11.8 Å². The maximum atomic E-state index is 12.9. The normalized spacial score (nSPS) is 17.9. The molecule has 1 aliphatic heterocycles. The molecule has 1 saturated carbocycles. The molecule has 0 unspecified atom stereocenters. The Labute approximate surface area is 165 Å². The number of nitrogens with zero attached hydrogens (tertiary/aromatic N) is 1. The lowest BCUT2D eigenvalue weighted by molar-refractivity contribution is -0.124. The van der Waals surface area contributed by atoms with Crippen molar-refractivity contribution in [2.75, 3.05) is 13.7 Å². The van der Waals surface area contributed by atoms with Crippen molar-refractivity contribution in [2.45, 2.75) is 44.2 Å². The predicted octanol–water partition coefficient (Wildman–Crippen LogP) is 3.63. The molecule has 0 spiro atoms. The fourth-order valence-electron chi connectivity index (χ4n) is 4.47. The molecule has 0 bridgehead atoms. The third-order valence-corrected chi connectivity index (χ3v) is 5.96. The van der Waals surface area contributed by atoms with Crippen molar-refractivity contribution in [3.8, 4) is 5.75 Å². The van der Waals surface area contributed by atoms with Crippen molar-refractivity contribution in [1.29, 1.82) is 0 Å². The highest BCUT2D eigenvalue weighted by molar-refractivity contribution is 6.00. The zero-order chi connectivity index (χ0) is 19.6. The van der Waals surface area contributed by atoms with E-state index in [1.165, 1.54) is 6.42 Å². The molecule has 1 heterocycles. The molecule has 0 aromatic heterocycles. The summed E-state index contributed by atoms with van der Waals surface area (Å²) in [6, 6.07) is 15.5. The molecule has 1 aliphatic carbocycles. The van der Waals surface area contributed by atoms with Crippen LogP contribution < -0.4 is 10.1 Å². The molecule has 2 aliphatic rings. The molecule has 5 heteroatoms. The summed E-state index contributed by atoms with van der Waals surface area (Å²) in [4.78, 5) is 27.1. The number of hydrogen-bond donors (Lipinski definition) is 1. The van der Waals surface area contributed by atoms with E-state index >= 15 is 0 Å². The lowest BCUT2D eigenvalue weighted by Crippen LogP contribution is -2.50. The van der Waals surface area contributed by atoms with Gasteiger partial charge in [-0.05, 0) is 42.2 Å². The molecule has 28 heavy (non-hydrogen) atoms. The first-order valence-electron chi connectivity index (χ1n) is 9.94. The zero-order valence-corrected chi connectivity index (χ0v) is 16.2. The molecular weight excluding hydrogens is 352 g/mol. The summed E-state index contributed by atoms with van der Waals surface area (Å²) < 4.78 is 5.27. The van der Waals surface area contributed by atoms with Crippen LogP contribution in [0.2, 0.25) is 0 Å². The second-order valence-corrected chi connectivity index (χ2v) is 7.74. The first-order valence-corrected chi connectivity index (χ1v) is 9.94. The summed E-state index contributed by atoms with van der Waals surface area (Å²) in [5, 5.41) is 3.29. The summed E-state index contributed by atoms with van der Waals surface area (Å²) in [7, 11) is 1.65. The van der Waals surface area contributed by atoms with E-state index in [2.05, 4.69) is 5.32 Å². The second kappa shape index (κ2) is 7.66. The van der Waals surface area contributed by atoms with Crippen LogP contribution in [0.15, 0.2) is 48.5 Å². The van der Waals surface area contributed by atoms with Crippen molar-refractivity contribution in [3.05, 3.63) is 65.2 Å². The number of nitrogens with one attached hydrogen (secondary N) is 1. The molecule has 0 radical (unpaired) electrons. The number of carbonyl (C=O) groups excluding carboxylic acids is 2. The molecule has 2 aromatic carbocycles. The lowest BCUT2D eigenvalue weighted by Gasteiger charge is -2.39. The number of methoxy groups -OCH3 is 1. The largest absolute Gasteiger partial charge is 0.497 e. The molecule has 5 nitrogen and oxygen atoms in total. The first kappa shape index (κ1) is 18.5. The van der Waals surface area contributed by atoms with Gasteiger partial charge in [0.25, 0.3) is 5.91 Å². The van der Waals surface area contributed by atoms with Crippen LogP contribution in [-0.4, -0.2) is 30.4 Å². The van der Waals surface area contributed by atoms with Gasteiger partial charge in [-0.15, -0.1) is 0 Å². The number of carbonyl (C=O) groups is 2. The Morgan fingerprint density at radius 1 is 1.07 bits per heavy atom. The highest BCUT2D eigenvalue weighted by Crippen LogP contribution is 2.38. The van der Waals surface area contributed by atoms with E-state index in [4.69, 9.17) is 4.74 Å². The van der Waals surface area contributed by atoms with E-state index in [-0.39, 0.29) is 23.9 Å². The number of fused-ring (bicyclic) bond motifs is 1. The van der Waals surface area contributed by atoms with E-state index in [1.54, 1.807) is 12.0 Å². The van der Waals surface area contributed by atoms with Crippen LogP contribution in [0.4, 0.5) is 0 Å². The van der Waals surface area contributed by atoms with Crippen LogP contribution in [0.3, 0.4) is 0 Å². The first-order chi connectivity index (χ1) is 13.6. The fraction of sp³-hybridized carbons (Fsp3) is 0.391. The summed E-state index contributed by atoms with van der Waals surface area (Å²) >= 11 is 0. The molecule has 146 valence electrons. The number of benzene rings is 2. The summed E-state index contributed by atoms with van der Waals surface area (Å²) in [6.45, 7) is 0.587. The number of rotatable bonds is 5. The summed E-state index contributed by atoms with van der Waals surface area (Å²) in [5.74, 6) is 0.647. The molecule has 0 atom stereocenters. The van der Waals surface area contributed by atoms with Crippen molar-refractivity contribution < 1.29 is 14.3 Å². The third kappa shape index (κ3) is 3.49. The van der Waals surface area contributed by atoms with Gasteiger partial charge >= 0.3 is 0 Å². The minimum Gasteiger partial charge on any atom is -0.497 e. The van der Waals surface area contributed by atoms with Gasteiger partial charge in [0.2, 0.25) is 5.91 Å². The van der Waals surface area contributed by atoms with E-state index < -0.39 is 0 Å². The molecule has 1 fully saturated rings. The monoisotopic (exact) mass is 378 g/mol. The van der Waals surface area contributed by atoms with Crippen molar-refractivity contribution in [2.24, 2.45) is 0 Å². The van der Waals surface area contributed by atoms with Gasteiger partial charge in [0.1, 0.15) is 12.3 Å². The van der Waals surface area contributed by atoms with Gasteiger partial charge in [0.05, 0.1) is 12.6 Å². The molecule has 1 N–H and O–H groups in total. The molecular formula is C23H26N2O3. The number of amides is 2. The Balaban J connectivity index is 1.49. The van der Waals surface area contributed by atoms with Crippen LogP contribution in [0.5, 0.6) is 5.75 Å². The molecule has 4 rings (SSSR count). The van der Waals surface area contributed by atoms with Crippen LogP contribution in [0.1, 0.15) is 53.6 Å². The van der Waals surface area contributed by atoms with Gasteiger partial charge in [-0.25, -0.2) is 0 Å². The van der Waals surface area contributed by atoms with E-state index in [0.717, 1.165) is 42.6 Å². The maximum absolute atomic E-state index is 12.9. The van der Waals surface area contributed by atoms with E-state index in [0.29, 0.717) is 12.1 Å². The molecule has 2 amide bonds. The Hall–Kier alpha value is -2.82. The van der Waals surface area contributed by atoms with Gasteiger partial charge in [0, 0.05) is 12.1 Å². The van der Waals surface area contributed by atoms with Gasteiger partial charge in [-0.2, -0.15) is 0 Å². The van der Waals surface area contributed by atoms with E-state index in [1.807, 2.05) is 48.5 Å². The quantitative estimate of drug-likeness (QED) is 0.864. The Kier molecular flexibility index (Phi) is 5.07. The number of ether oxygens (including phenoxy) is 1. The summed E-state index contributed by atoms with van der Waals surface area (Å²) in [5.41, 5.74) is 2.44. The maximum Gasteiger partial charge on any atom is 0.254 e. The average molecular weight is 378 g/mol. The highest BCUT2D eigenvalue weighted by atomic mass is 16.5. The lowest BCUT2D eigenvalue weighted by atomic mass is 9.76. The zero-order valence-electron chi connectivity index (χ0n) is 16.2. The van der Waals surface area contributed by atoms with Crippen LogP contribution in [0, 0.1) is 0 Å². The Morgan fingerprint density at radius 2 is 1.79 bits per heavy atom. The van der Waals surface area contributed by atoms with Crippen molar-refractivity contribution in [3.63, 3.8) is 0 Å². The smallest absolute Gasteiger partial charge is 0.254 e. The van der Waals surface area contributed by atoms with Crippen molar-refractivity contribution in [1.82, 2.24) is 10.2 Å². The third-order valence-electron chi connectivity index (χ3n) is 5.96. The minimum absolute atomic E-state index is 0.0621. The van der Waals surface area contributed by atoms with Crippen LogP contribution in [-0.2, 0) is 16.9 Å². The Morgan fingerprint density at radius 3 is 2.46 bits per heavy atom. The molecule has 0 saturated heterocycles. The fourth-order valence-corrected chi connectivity index (χ4v) is 4.47. The molecule has 2 aromatic rings. The van der Waals surface area contributed by atoms with E-state index in [9.17, 15) is 9.59 Å². The second-order valence-electron chi connectivity index (χ2n) is 7.74. The highest BCUT2D eigenvalue weighted by Gasteiger charge is 2.36. The minimum atomic E-state index is -0.364. The van der Waals surface area contributed by atoms with Gasteiger partial charge in [-0.3, -0.25) is 9.59 Å².